The van der Waals surface area contributed by atoms with Gasteiger partial charge >= 0.3 is 0 Å². The highest BCUT2D eigenvalue weighted by Crippen LogP contribution is 2.45. The smallest absolute Gasteiger partial charge is 0.0817 e. The van der Waals surface area contributed by atoms with Crippen molar-refractivity contribution >= 4 is 0 Å². The maximum absolute atomic E-state index is 6.80. The van der Waals surface area contributed by atoms with E-state index in [2.05, 4.69) is 19.2 Å². The maximum Gasteiger partial charge on any atom is 0.0817 e. The number of hydrogen-bond acceptors (Lipinski definition) is 2. The molecule has 104 valence electrons. The van der Waals surface area contributed by atoms with E-state index in [1.807, 2.05) is 0 Å². The Morgan fingerprint density at radius 3 is 2.33 bits per heavy atom. The zero-order valence-electron chi connectivity index (χ0n) is 12.1. The summed E-state index contributed by atoms with van der Waals surface area (Å²) in [5, 5.41) is 3.72. The fourth-order valence-corrected chi connectivity index (χ4v) is 4.44. The van der Waals surface area contributed by atoms with Crippen molar-refractivity contribution in [2.75, 3.05) is 13.1 Å². The molecule has 0 amide bonds. The minimum atomic E-state index is 0.168. The lowest BCUT2D eigenvalue weighted by Crippen LogP contribution is -2.62. The van der Waals surface area contributed by atoms with Crippen LogP contribution in [0.2, 0.25) is 0 Å². The first kappa shape index (κ1) is 12.9. The SMILES string of the molecule is CC1CCC2(CNCC3(CCCCC3)O2)CC1C. The van der Waals surface area contributed by atoms with Crippen molar-refractivity contribution in [1.82, 2.24) is 5.32 Å². The van der Waals surface area contributed by atoms with E-state index in [1.165, 1.54) is 51.4 Å². The van der Waals surface area contributed by atoms with E-state index in [0.29, 0.717) is 0 Å². The van der Waals surface area contributed by atoms with Gasteiger partial charge in [0.15, 0.2) is 0 Å². The van der Waals surface area contributed by atoms with E-state index >= 15 is 0 Å². The Morgan fingerprint density at radius 2 is 1.61 bits per heavy atom. The van der Waals surface area contributed by atoms with Gasteiger partial charge in [0.1, 0.15) is 0 Å². The van der Waals surface area contributed by atoms with Gasteiger partial charge in [-0.25, -0.2) is 0 Å². The molecule has 1 heterocycles. The average molecular weight is 251 g/mol. The zero-order chi connectivity index (χ0) is 12.6. The third kappa shape index (κ3) is 2.34. The van der Waals surface area contributed by atoms with Crippen molar-refractivity contribution in [3.63, 3.8) is 0 Å². The van der Waals surface area contributed by atoms with Gasteiger partial charge in [-0.2, -0.15) is 0 Å². The molecule has 3 unspecified atom stereocenters. The van der Waals surface area contributed by atoms with Crippen molar-refractivity contribution < 1.29 is 4.74 Å². The summed E-state index contributed by atoms with van der Waals surface area (Å²) in [7, 11) is 0. The first-order valence-electron chi connectivity index (χ1n) is 8.04. The summed E-state index contributed by atoms with van der Waals surface area (Å²) < 4.78 is 6.80. The molecule has 1 saturated heterocycles. The molecule has 3 aliphatic rings. The van der Waals surface area contributed by atoms with Gasteiger partial charge in [-0.05, 0) is 43.9 Å². The summed E-state index contributed by atoms with van der Waals surface area (Å²) in [6.07, 6.45) is 10.6. The van der Waals surface area contributed by atoms with Gasteiger partial charge in [0.05, 0.1) is 11.2 Å². The number of morpholine rings is 1. The van der Waals surface area contributed by atoms with Crippen LogP contribution < -0.4 is 5.32 Å². The quantitative estimate of drug-likeness (QED) is 0.711. The Bertz CT molecular complexity index is 292. The van der Waals surface area contributed by atoms with E-state index in [0.717, 1.165) is 24.9 Å². The average Bonchev–Trinajstić information content (AvgIpc) is 2.35. The van der Waals surface area contributed by atoms with Crippen molar-refractivity contribution in [3.8, 4) is 0 Å². The van der Waals surface area contributed by atoms with E-state index in [4.69, 9.17) is 4.74 Å². The predicted molar refractivity (Wildman–Crippen MR) is 74.7 cm³/mol. The minimum Gasteiger partial charge on any atom is -0.366 e. The number of nitrogens with one attached hydrogen (secondary N) is 1. The number of ether oxygens (including phenoxy) is 1. The first-order valence-corrected chi connectivity index (χ1v) is 8.04. The molecule has 2 aliphatic carbocycles. The topological polar surface area (TPSA) is 21.3 Å². The Balaban J connectivity index is 1.73. The highest BCUT2D eigenvalue weighted by atomic mass is 16.5. The maximum atomic E-state index is 6.80. The van der Waals surface area contributed by atoms with Gasteiger partial charge < -0.3 is 10.1 Å². The molecular formula is C16H29NO. The molecule has 0 aromatic carbocycles. The summed E-state index contributed by atoms with van der Waals surface area (Å²) in [4.78, 5) is 0. The normalized spacial score (nSPS) is 44.3. The molecule has 3 rings (SSSR count). The first-order chi connectivity index (χ1) is 8.63. The summed E-state index contributed by atoms with van der Waals surface area (Å²) >= 11 is 0. The van der Waals surface area contributed by atoms with Crippen LogP contribution >= 0.6 is 0 Å². The Labute approximate surface area is 112 Å². The van der Waals surface area contributed by atoms with Gasteiger partial charge in [0.25, 0.3) is 0 Å². The van der Waals surface area contributed by atoms with Crippen LogP contribution in [0.3, 0.4) is 0 Å². The van der Waals surface area contributed by atoms with Crippen molar-refractivity contribution in [2.45, 2.75) is 76.4 Å². The highest BCUT2D eigenvalue weighted by Gasteiger charge is 2.48. The molecule has 1 aliphatic heterocycles. The van der Waals surface area contributed by atoms with E-state index in [9.17, 15) is 0 Å². The third-order valence-corrected chi connectivity index (χ3v) is 5.81. The third-order valence-electron chi connectivity index (χ3n) is 5.81. The molecule has 2 spiro atoms. The molecule has 18 heavy (non-hydrogen) atoms. The molecule has 2 heteroatoms. The van der Waals surface area contributed by atoms with E-state index in [-0.39, 0.29) is 11.2 Å². The fraction of sp³-hybridized carbons (Fsp3) is 1.00. The molecular weight excluding hydrogens is 222 g/mol. The van der Waals surface area contributed by atoms with Gasteiger partial charge in [-0.1, -0.05) is 33.1 Å². The standard InChI is InChI=1S/C16H29NO/c1-13-6-9-16(10-14(13)2)12-17-11-15(18-16)7-4-3-5-8-15/h13-14,17H,3-12H2,1-2H3. The fourth-order valence-electron chi connectivity index (χ4n) is 4.44. The summed E-state index contributed by atoms with van der Waals surface area (Å²) in [6.45, 7) is 7.01. The van der Waals surface area contributed by atoms with Crippen molar-refractivity contribution in [3.05, 3.63) is 0 Å². The van der Waals surface area contributed by atoms with Crippen LogP contribution in [0.5, 0.6) is 0 Å². The van der Waals surface area contributed by atoms with E-state index in [1.54, 1.807) is 0 Å². The van der Waals surface area contributed by atoms with Gasteiger partial charge in [-0.15, -0.1) is 0 Å². The Hall–Kier alpha value is -0.0800. The largest absolute Gasteiger partial charge is 0.366 e. The highest BCUT2D eigenvalue weighted by molar-refractivity contribution is 5.00. The predicted octanol–water partition coefficient (Wildman–Crippen LogP) is 3.50. The molecule has 3 fully saturated rings. The molecule has 0 aromatic heterocycles. The lowest BCUT2D eigenvalue weighted by atomic mass is 9.71. The van der Waals surface area contributed by atoms with Crippen molar-refractivity contribution in [2.24, 2.45) is 11.8 Å². The van der Waals surface area contributed by atoms with E-state index < -0.39 is 0 Å². The summed E-state index contributed by atoms with van der Waals surface area (Å²) in [5.41, 5.74) is 0.359. The van der Waals surface area contributed by atoms with Gasteiger partial charge in [0.2, 0.25) is 0 Å². The minimum absolute atomic E-state index is 0.168. The second-order valence-corrected chi connectivity index (χ2v) is 7.33. The second-order valence-electron chi connectivity index (χ2n) is 7.33. The molecule has 0 bridgehead atoms. The lowest BCUT2D eigenvalue weighted by Gasteiger charge is -2.53. The van der Waals surface area contributed by atoms with Crippen molar-refractivity contribution in [1.29, 1.82) is 0 Å². The van der Waals surface area contributed by atoms with Crippen LogP contribution in [0, 0.1) is 11.8 Å². The number of rotatable bonds is 0. The van der Waals surface area contributed by atoms with Gasteiger partial charge in [0, 0.05) is 13.1 Å². The molecule has 3 atom stereocenters. The van der Waals surface area contributed by atoms with Crippen LogP contribution in [0.1, 0.15) is 65.2 Å². The zero-order valence-corrected chi connectivity index (χ0v) is 12.1. The summed E-state index contributed by atoms with van der Waals surface area (Å²) in [5.74, 6) is 1.70. The number of hydrogen-bond donors (Lipinski definition) is 1. The molecule has 0 aromatic rings. The lowest BCUT2D eigenvalue weighted by molar-refractivity contribution is -0.211. The molecule has 2 nitrogen and oxygen atoms in total. The van der Waals surface area contributed by atoms with Crippen LogP contribution in [-0.4, -0.2) is 24.3 Å². The molecule has 0 radical (unpaired) electrons. The molecule has 1 N–H and O–H groups in total. The monoisotopic (exact) mass is 251 g/mol. The molecule has 2 saturated carbocycles. The second kappa shape index (κ2) is 4.79. The van der Waals surface area contributed by atoms with Crippen LogP contribution in [-0.2, 0) is 4.74 Å². The van der Waals surface area contributed by atoms with Crippen LogP contribution in [0.25, 0.3) is 0 Å². The van der Waals surface area contributed by atoms with Gasteiger partial charge in [-0.3, -0.25) is 0 Å². The summed E-state index contributed by atoms with van der Waals surface area (Å²) in [6, 6.07) is 0. The Morgan fingerprint density at radius 1 is 0.889 bits per heavy atom. The van der Waals surface area contributed by atoms with Crippen LogP contribution in [0.4, 0.5) is 0 Å². The Kier molecular flexibility index (Phi) is 3.44. The van der Waals surface area contributed by atoms with Crippen LogP contribution in [0.15, 0.2) is 0 Å².